The summed E-state index contributed by atoms with van der Waals surface area (Å²) in [5.41, 5.74) is 0.674. The van der Waals surface area contributed by atoms with E-state index < -0.39 is 0 Å². The molecule has 0 spiro atoms. The van der Waals surface area contributed by atoms with Crippen molar-refractivity contribution in [3.8, 4) is 0 Å². The molecule has 0 aromatic heterocycles. The molecule has 1 rings (SSSR count). The van der Waals surface area contributed by atoms with E-state index in [1.165, 1.54) is 6.07 Å². The minimum Gasteiger partial charge on any atom is -0.380 e. The maximum atomic E-state index is 13.4. The molecule has 1 aromatic rings. The van der Waals surface area contributed by atoms with E-state index in [9.17, 15) is 4.39 Å². The molecule has 0 aliphatic heterocycles. The highest BCUT2D eigenvalue weighted by molar-refractivity contribution is 9.10. The van der Waals surface area contributed by atoms with Gasteiger partial charge in [0.1, 0.15) is 5.82 Å². The third-order valence-corrected chi connectivity index (χ3v) is 2.88. The van der Waals surface area contributed by atoms with Gasteiger partial charge < -0.3 is 10.1 Å². The van der Waals surface area contributed by atoms with Crippen LogP contribution in [0.4, 0.5) is 4.39 Å². The normalized spacial score (nSPS) is 10.8. The standard InChI is InChI=1S/C13H19BrFNO/c1-2-3-7-17-8-6-16-10-11-9-12(14)4-5-13(11)15/h4-5,9,16H,2-3,6-8,10H2,1H3. The van der Waals surface area contributed by atoms with Crippen LogP contribution in [-0.2, 0) is 11.3 Å². The number of nitrogens with one attached hydrogen (secondary N) is 1. The lowest BCUT2D eigenvalue weighted by molar-refractivity contribution is 0.133. The van der Waals surface area contributed by atoms with Crippen LogP contribution in [0.3, 0.4) is 0 Å². The second kappa shape index (κ2) is 8.61. The molecule has 4 heteroatoms. The van der Waals surface area contributed by atoms with Gasteiger partial charge in [-0.2, -0.15) is 0 Å². The molecule has 17 heavy (non-hydrogen) atoms. The summed E-state index contributed by atoms with van der Waals surface area (Å²) in [6.07, 6.45) is 2.25. The topological polar surface area (TPSA) is 21.3 Å². The van der Waals surface area contributed by atoms with Gasteiger partial charge in [-0.05, 0) is 24.6 Å². The van der Waals surface area contributed by atoms with E-state index in [-0.39, 0.29) is 5.82 Å². The maximum absolute atomic E-state index is 13.4. The number of ether oxygens (including phenoxy) is 1. The van der Waals surface area contributed by atoms with Gasteiger partial charge in [-0.3, -0.25) is 0 Å². The minimum atomic E-state index is -0.174. The van der Waals surface area contributed by atoms with Crippen molar-refractivity contribution < 1.29 is 9.13 Å². The smallest absolute Gasteiger partial charge is 0.127 e. The summed E-state index contributed by atoms with van der Waals surface area (Å²) >= 11 is 3.33. The molecule has 0 saturated heterocycles. The minimum absolute atomic E-state index is 0.174. The predicted molar refractivity (Wildman–Crippen MR) is 71.5 cm³/mol. The summed E-state index contributed by atoms with van der Waals surface area (Å²) in [5.74, 6) is -0.174. The average molecular weight is 304 g/mol. The number of unbranched alkanes of at least 4 members (excludes halogenated alkanes) is 1. The molecule has 0 fully saturated rings. The fourth-order valence-electron chi connectivity index (χ4n) is 1.39. The van der Waals surface area contributed by atoms with Crippen LogP contribution >= 0.6 is 15.9 Å². The first kappa shape index (κ1) is 14.6. The van der Waals surface area contributed by atoms with E-state index in [4.69, 9.17) is 4.74 Å². The van der Waals surface area contributed by atoms with Gasteiger partial charge in [0, 0.05) is 29.7 Å². The van der Waals surface area contributed by atoms with Crippen LogP contribution in [0.15, 0.2) is 22.7 Å². The molecule has 2 nitrogen and oxygen atoms in total. The highest BCUT2D eigenvalue weighted by Gasteiger charge is 2.01. The van der Waals surface area contributed by atoms with Crippen molar-refractivity contribution in [2.24, 2.45) is 0 Å². The second-order valence-corrected chi connectivity index (χ2v) is 4.79. The Balaban J connectivity index is 2.15. The molecular formula is C13H19BrFNO. The zero-order valence-electron chi connectivity index (χ0n) is 10.1. The summed E-state index contributed by atoms with van der Waals surface area (Å²) < 4.78 is 19.7. The van der Waals surface area contributed by atoms with Crippen molar-refractivity contribution in [2.45, 2.75) is 26.3 Å². The first-order valence-corrected chi connectivity index (χ1v) is 6.75. The van der Waals surface area contributed by atoms with E-state index in [0.717, 1.165) is 30.5 Å². The average Bonchev–Trinajstić information content (AvgIpc) is 2.32. The van der Waals surface area contributed by atoms with E-state index in [1.54, 1.807) is 12.1 Å². The number of benzene rings is 1. The van der Waals surface area contributed by atoms with Crippen LogP contribution in [0, 0.1) is 5.82 Å². The Labute approximate surface area is 111 Å². The van der Waals surface area contributed by atoms with Crippen molar-refractivity contribution in [2.75, 3.05) is 19.8 Å². The van der Waals surface area contributed by atoms with Crippen LogP contribution in [0.2, 0.25) is 0 Å². The predicted octanol–water partition coefficient (Wildman–Crippen LogP) is 3.49. The Morgan fingerprint density at radius 2 is 2.18 bits per heavy atom. The number of halogens is 2. The Hall–Kier alpha value is -0.450. The van der Waals surface area contributed by atoms with E-state index >= 15 is 0 Å². The molecule has 0 atom stereocenters. The molecule has 0 unspecified atom stereocenters. The van der Waals surface area contributed by atoms with Gasteiger partial charge in [0.2, 0.25) is 0 Å². The Morgan fingerprint density at radius 1 is 1.35 bits per heavy atom. The summed E-state index contributed by atoms with van der Waals surface area (Å²) in [5, 5.41) is 3.16. The summed E-state index contributed by atoms with van der Waals surface area (Å²) in [6.45, 7) is 4.90. The monoisotopic (exact) mass is 303 g/mol. The molecule has 1 aromatic carbocycles. The lowest BCUT2D eigenvalue weighted by Crippen LogP contribution is -2.20. The van der Waals surface area contributed by atoms with Crippen LogP contribution < -0.4 is 5.32 Å². The van der Waals surface area contributed by atoms with Crippen molar-refractivity contribution in [1.82, 2.24) is 5.32 Å². The molecule has 1 N–H and O–H groups in total. The Kier molecular flexibility index (Phi) is 7.40. The van der Waals surface area contributed by atoms with Crippen molar-refractivity contribution in [1.29, 1.82) is 0 Å². The molecule has 0 amide bonds. The van der Waals surface area contributed by atoms with E-state index in [0.29, 0.717) is 18.7 Å². The van der Waals surface area contributed by atoms with E-state index in [1.807, 2.05) is 0 Å². The van der Waals surface area contributed by atoms with Crippen molar-refractivity contribution in [3.05, 3.63) is 34.1 Å². The van der Waals surface area contributed by atoms with Crippen LogP contribution in [0.25, 0.3) is 0 Å². The van der Waals surface area contributed by atoms with Gasteiger partial charge in [0.15, 0.2) is 0 Å². The van der Waals surface area contributed by atoms with Gasteiger partial charge in [-0.25, -0.2) is 4.39 Å². The highest BCUT2D eigenvalue weighted by Crippen LogP contribution is 2.15. The largest absolute Gasteiger partial charge is 0.380 e. The van der Waals surface area contributed by atoms with Crippen LogP contribution in [0.1, 0.15) is 25.3 Å². The molecule has 0 saturated carbocycles. The first-order chi connectivity index (χ1) is 8.24. The third-order valence-electron chi connectivity index (χ3n) is 2.39. The van der Waals surface area contributed by atoms with Crippen molar-refractivity contribution >= 4 is 15.9 Å². The maximum Gasteiger partial charge on any atom is 0.127 e. The summed E-state index contributed by atoms with van der Waals surface area (Å²) in [6, 6.07) is 4.96. The summed E-state index contributed by atoms with van der Waals surface area (Å²) in [4.78, 5) is 0. The molecular weight excluding hydrogens is 285 g/mol. The second-order valence-electron chi connectivity index (χ2n) is 3.88. The zero-order valence-corrected chi connectivity index (χ0v) is 11.7. The van der Waals surface area contributed by atoms with E-state index in [2.05, 4.69) is 28.2 Å². The van der Waals surface area contributed by atoms with Gasteiger partial charge in [0.05, 0.1) is 6.61 Å². The molecule has 0 bridgehead atoms. The quantitative estimate of drug-likeness (QED) is 0.742. The Morgan fingerprint density at radius 3 is 2.94 bits per heavy atom. The molecule has 0 aliphatic rings. The SMILES string of the molecule is CCCCOCCNCc1cc(Br)ccc1F. The number of hydrogen-bond acceptors (Lipinski definition) is 2. The lowest BCUT2D eigenvalue weighted by atomic mass is 10.2. The molecule has 96 valence electrons. The third kappa shape index (κ3) is 6.15. The first-order valence-electron chi connectivity index (χ1n) is 5.96. The fourth-order valence-corrected chi connectivity index (χ4v) is 1.80. The number of rotatable bonds is 8. The summed E-state index contributed by atoms with van der Waals surface area (Å²) in [7, 11) is 0. The molecule has 0 heterocycles. The number of hydrogen-bond donors (Lipinski definition) is 1. The van der Waals surface area contributed by atoms with Crippen LogP contribution in [-0.4, -0.2) is 19.8 Å². The van der Waals surface area contributed by atoms with Crippen molar-refractivity contribution in [3.63, 3.8) is 0 Å². The van der Waals surface area contributed by atoms with Gasteiger partial charge in [0.25, 0.3) is 0 Å². The fraction of sp³-hybridized carbons (Fsp3) is 0.538. The van der Waals surface area contributed by atoms with Gasteiger partial charge >= 0.3 is 0 Å². The molecule has 0 aliphatic carbocycles. The van der Waals surface area contributed by atoms with Crippen LogP contribution in [0.5, 0.6) is 0 Å². The highest BCUT2D eigenvalue weighted by atomic mass is 79.9. The Bertz CT molecular complexity index is 333. The lowest BCUT2D eigenvalue weighted by Gasteiger charge is -2.07. The van der Waals surface area contributed by atoms with Gasteiger partial charge in [-0.1, -0.05) is 29.3 Å². The molecule has 0 radical (unpaired) electrons. The zero-order chi connectivity index (χ0) is 12.5. The van der Waals surface area contributed by atoms with Gasteiger partial charge in [-0.15, -0.1) is 0 Å².